The summed E-state index contributed by atoms with van der Waals surface area (Å²) in [5, 5.41) is 3.90. The second kappa shape index (κ2) is 10.6. The number of benzene rings is 3. The zero-order valence-electron chi connectivity index (χ0n) is 21.6. The number of fused-ring (bicyclic) bond motifs is 1. The van der Waals surface area contributed by atoms with Gasteiger partial charge < -0.3 is 24.1 Å². The van der Waals surface area contributed by atoms with Crippen LogP contribution < -0.4 is 19.7 Å². The summed E-state index contributed by atoms with van der Waals surface area (Å²) in [5.41, 5.74) is 7.07. The van der Waals surface area contributed by atoms with Crippen LogP contribution in [-0.4, -0.2) is 33.7 Å². The van der Waals surface area contributed by atoms with Gasteiger partial charge in [0, 0.05) is 53.6 Å². The summed E-state index contributed by atoms with van der Waals surface area (Å²) in [4.78, 5) is 14.8. The van der Waals surface area contributed by atoms with Crippen molar-refractivity contribution in [1.29, 1.82) is 0 Å². The van der Waals surface area contributed by atoms with E-state index < -0.39 is 0 Å². The number of rotatable bonds is 8. The zero-order valence-corrected chi connectivity index (χ0v) is 21.6. The Morgan fingerprint density at radius 2 is 1.78 bits per heavy atom. The number of hydrogen-bond acceptors (Lipinski definition) is 5. The second-order valence-electron chi connectivity index (χ2n) is 8.82. The maximum absolute atomic E-state index is 12.8. The van der Waals surface area contributed by atoms with Gasteiger partial charge in [-0.2, -0.15) is 0 Å². The van der Waals surface area contributed by atoms with Crippen molar-refractivity contribution in [3.63, 3.8) is 0 Å². The molecule has 0 aliphatic heterocycles. The highest BCUT2D eigenvalue weighted by atomic mass is 16.5. The van der Waals surface area contributed by atoms with Crippen LogP contribution in [0, 0.1) is 6.92 Å². The number of nitrogens with zero attached hydrogens (tertiary/aromatic N) is 1. The highest BCUT2D eigenvalue weighted by Crippen LogP contribution is 2.40. The normalized spacial score (nSPS) is 11.4. The van der Waals surface area contributed by atoms with E-state index in [9.17, 15) is 4.79 Å². The SMILES string of the molecule is CCOc1ccc(-c2coc3c(C)c(OC)c(/C(C)=C/C(=O)Nc4ccc(N(C)C)cc4)cc23)cc1. The van der Waals surface area contributed by atoms with Crippen molar-refractivity contribution in [3.8, 4) is 22.6 Å². The van der Waals surface area contributed by atoms with Crippen LogP contribution in [0.1, 0.15) is 25.0 Å². The minimum Gasteiger partial charge on any atom is -0.496 e. The van der Waals surface area contributed by atoms with Crippen molar-refractivity contribution >= 4 is 33.8 Å². The lowest BCUT2D eigenvalue weighted by Gasteiger charge is -2.14. The van der Waals surface area contributed by atoms with E-state index in [0.29, 0.717) is 12.4 Å². The Kier molecular flexibility index (Phi) is 7.34. The fraction of sp³-hybridized carbons (Fsp3) is 0.233. The minimum atomic E-state index is -0.205. The molecule has 4 rings (SSSR count). The average molecular weight is 485 g/mol. The van der Waals surface area contributed by atoms with Crippen LogP contribution in [0.15, 0.2) is 71.4 Å². The molecule has 0 atom stereocenters. The van der Waals surface area contributed by atoms with Gasteiger partial charge in [0.2, 0.25) is 5.91 Å². The van der Waals surface area contributed by atoms with Gasteiger partial charge in [-0.3, -0.25) is 4.79 Å². The third kappa shape index (κ3) is 5.08. The zero-order chi connectivity index (χ0) is 25.8. The molecular formula is C30H32N2O4. The van der Waals surface area contributed by atoms with E-state index in [0.717, 1.165) is 55.9 Å². The van der Waals surface area contributed by atoms with Gasteiger partial charge in [0.15, 0.2) is 0 Å². The lowest BCUT2D eigenvalue weighted by atomic mass is 9.96. The van der Waals surface area contributed by atoms with Gasteiger partial charge in [-0.15, -0.1) is 0 Å². The number of ether oxygens (including phenoxy) is 2. The van der Waals surface area contributed by atoms with Crippen molar-refractivity contribution in [2.45, 2.75) is 20.8 Å². The van der Waals surface area contributed by atoms with Crippen molar-refractivity contribution < 1.29 is 18.7 Å². The molecule has 0 spiro atoms. The molecule has 0 radical (unpaired) electrons. The maximum atomic E-state index is 12.8. The highest BCUT2D eigenvalue weighted by molar-refractivity contribution is 6.06. The number of amides is 1. The first-order valence-corrected chi connectivity index (χ1v) is 11.9. The molecule has 1 aromatic heterocycles. The molecule has 6 nitrogen and oxygen atoms in total. The van der Waals surface area contributed by atoms with Crippen LogP contribution in [0.3, 0.4) is 0 Å². The van der Waals surface area contributed by atoms with Crippen LogP contribution >= 0.6 is 0 Å². The highest BCUT2D eigenvalue weighted by Gasteiger charge is 2.19. The lowest BCUT2D eigenvalue weighted by molar-refractivity contribution is -0.111. The van der Waals surface area contributed by atoms with E-state index in [-0.39, 0.29) is 5.91 Å². The van der Waals surface area contributed by atoms with Gasteiger partial charge in [-0.05, 0) is 74.4 Å². The molecule has 1 N–H and O–H groups in total. The van der Waals surface area contributed by atoms with Crippen molar-refractivity contribution in [2.24, 2.45) is 0 Å². The molecule has 186 valence electrons. The summed E-state index contributed by atoms with van der Waals surface area (Å²) < 4.78 is 17.3. The summed E-state index contributed by atoms with van der Waals surface area (Å²) >= 11 is 0. The minimum absolute atomic E-state index is 0.205. The Hall–Kier alpha value is -4.19. The molecule has 0 unspecified atom stereocenters. The fourth-order valence-corrected chi connectivity index (χ4v) is 4.29. The summed E-state index contributed by atoms with van der Waals surface area (Å²) in [6.07, 6.45) is 3.36. The average Bonchev–Trinajstić information content (AvgIpc) is 3.29. The molecule has 0 bridgehead atoms. The first-order valence-electron chi connectivity index (χ1n) is 11.9. The lowest BCUT2D eigenvalue weighted by Crippen LogP contribution is -2.10. The van der Waals surface area contributed by atoms with Gasteiger partial charge in [0.1, 0.15) is 17.1 Å². The topological polar surface area (TPSA) is 63.9 Å². The van der Waals surface area contributed by atoms with Crippen LogP contribution in [0.25, 0.3) is 27.7 Å². The number of anilines is 2. The monoisotopic (exact) mass is 484 g/mol. The number of methoxy groups -OCH3 is 1. The number of allylic oxidation sites excluding steroid dienone is 1. The first kappa shape index (κ1) is 24.9. The number of carbonyl (C=O) groups excluding carboxylic acids is 1. The van der Waals surface area contributed by atoms with E-state index in [2.05, 4.69) is 5.32 Å². The molecule has 0 aliphatic carbocycles. The van der Waals surface area contributed by atoms with Crippen LogP contribution in [-0.2, 0) is 4.79 Å². The van der Waals surface area contributed by atoms with Gasteiger partial charge in [0.25, 0.3) is 0 Å². The second-order valence-corrected chi connectivity index (χ2v) is 8.82. The van der Waals surface area contributed by atoms with Gasteiger partial charge in [-0.1, -0.05) is 12.1 Å². The maximum Gasteiger partial charge on any atom is 0.248 e. The van der Waals surface area contributed by atoms with Crippen molar-refractivity contribution in [1.82, 2.24) is 0 Å². The van der Waals surface area contributed by atoms with Gasteiger partial charge >= 0.3 is 0 Å². The predicted molar refractivity (Wildman–Crippen MR) is 147 cm³/mol. The molecule has 6 heteroatoms. The molecule has 0 aliphatic rings. The molecular weight excluding hydrogens is 452 g/mol. The Morgan fingerprint density at radius 3 is 2.39 bits per heavy atom. The van der Waals surface area contributed by atoms with E-state index in [1.54, 1.807) is 19.4 Å². The largest absolute Gasteiger partial charge is 0.496 e. The molecule has 3 aromatic carbocycles. The number of furan rings is 1. The first-order chi connectivity index (χ1) is 17.3. The van der Waals surface area contributed by atoms with Crippen molar-refractivity contribution in [3.05, 3.63) is 78.1 Å². The van der Waals surface area contributed by atoms with Crippen LogP contribution in [0.2, 0.25) is 0 Å². The summed E-state index contributed by atoms with van der Waals surface area (Å²) in [6.45, 7) is 6.47. The molecule has 1 heterocycles. The number of nitrogens with one attached hydrogen (secondary N) is 1. The number of hydrogen-bond donors (Lipinski definition) is 1. The third-order valence-electron chi connectivity index (χ3n) is 6.15. The van der Waals surface area contributed by atoms with E-state index in [1.807, 2.05) is 94.4 Å². The number of carbonyl (C=O) groups is 1. The standard InChI is InChI=1S/C30H32N2O4/c1-7-35-24-14-8-21(9-15-24)27-18-36-30-20(3)29(34-6)25(17-26(27)30)19(2)16-28(33)31-22-10-12-23(13-11-22)32(4)5/h8-18H,7H2,1-6H3,(H,31,33)/b19-16+. The summed E-state index contributed by atoms with van der Waals surface area (Å²) in [5.74, 6) is 1.31. The summed E-state index contributed by atoms with van der Waals surface area (Å²) in [6, 6.07) is 17.7. The molecule has 0 fully saturated rings. The Labute approximate surface area is 212 Å². The van der Waals surface area contributed by atoms with Crippen LogP contribution in [0.5, 0.6) is 11.5 Å². The smallest absolute Gasteiger partial charge is 0.248 e. The van der Waals surface area contributed by atoms with E-state index >= 15 is 0 Å². The molecule has 0 saturated carbocycles. The van der Waals surface area contributed by atoms with E-state index in [1.165, 1.54) is 0 Å². The van der Waals surface area contributed by atoms with Gasteiger partial charge in [-0.25, -0.2) is 0 Å². The third-order valence-corrected chi connectivity index (χ3v) is 6.15. The Morgan fingerprint density at radius 1 is 1.08 bits per heavy atom. The van der Waals surface area contributed by atoms with Crippen molar-refractivity contribution in [2.75, 3.05) is 38.0 Å². The van der Waals surface area contributed by atoms with Crippen LogP contribution in [0.4, 0.5) is 11.4 Å². The fourth-order valence-electron chi connectivity index (χ4n) is 4.29. The predicted octanol–water partition coefficient (Wildman–Crippen LogP) is 6.92. The summed E-state index contributed by atoms with van der Waals surface area (Å²) in [7, 11) is 5.59. The Bertz CT molecular complexity index is 1400. The quantitative estimate of drug-likeness (QED) is 0.275. The van der Waals surface area contributed by atoms with E-state index in [4.69, 9.17) is 13.9 Å². The van der Waals surface area contributed by atoms with Gasteiger partial charge in [0.05, 0.1) is 20.0 Å². The molecule has 4 aromatic rings. The molecule has 1 amide bonds. The molecule has 36 heavy (non-hydrogen) atoms. The molecule has 0 saturated heterocycles. The number of aryl methyl sites for hydroxylation is 1. The Balaban J connectivity index is 1.68.